The number of nitrogens with zero attached hydrogens (tertiary/aromatic N) is 4. The van der Waals surface area contributed by atoms with Crippen molar-refractivity contribution in [3.63, 3.8) is 0 Å². The molecule has 0 bridgehead atoms. The van der Waals surface area contributed by atoms with Crippen LogP contribution < -0.4 is 20.1 Å². The number of hydrogen-bond acceptors (Lipinski definition) is 11. The number of thiazole rings is 1. The highest BCUT2D eigenvalue weighted by molar-refractivity contribution is 7.13. The molecule has 0 spiro atoms. The van der Waals surface area contributed by atoms with Gasteiger partial charge in [-0.1, -0.05) is 51.1 Å². The van der Waals surface area contributed by atoms with Crippen molar-refractivity contribution in [3.05, 3.63) is 101 Å². The zero-order valence-electron chi connectivity index (χ0n) is 37.9. The van der Waals surface area contributed by atoms with Gasteiger partial charge in [-0.25, -0.2) is 14.2 Å². The highest BCUT2D eigenvalue weighted by Gasteiger charge is 2.53. The van der Waals surface area contributed by atoms with Gasteiger partial charge in [0.05, 0.1) is 48.0 Å². The van der Waals surface area contributed by atoms with Crippen LogP contribution in [0.3, 0.4) is 0 Å². The maximum atomic E-state index is 14.6. The minimum Gasteiger partial charge on any atom is -0.493 e. The summed E-state index contributed by atoms with van der Waals surface area (Å²) in [5.74, 6) is -0.800. The van der Waals surface area contributed by atoms with E-state index < -0.39 is 47.0 Å². The molecule has 2 aromatic heterocycles. The SMILES string of the molecule is COC(=O)c1ccc2ccn(CCOc3ccc(CN(C)CCCOc4cc(-c5scnc5C)ccc4CNC(=O)[C@@H]4C[C@@H](O)CN4C(=O)[C@@H](NC(=O)C4(F)CC4)C(C)(C)C)cc3)c2c1. The number of carbonyl (C=O) groups is 4. The quantitative estimate of drug-likeness (QED) is 0.0620. The van der Waals surface area contributed by atoms with Crippen molar-refractivity contribution in [1.82, 2.24) is 30.0 Å². The first-order chi connectivity index (χ1) is 31.0. The maximum Gasteiger partial charge on any atom is 0.337 e. The third-order valence-corrected chi connectivity index (χ3v) is 13.0. The first-order valence-corrected chi connectivity index (χ1v) is 22.9. The van der Waals surface area contributed by atoms with Gasteiger partial charge in [-0.3, -0.25) is 14.4 Å². The molecule has 1 aliphatic carbocycles. The molecule has 0 unspecified atom stereocenters. The number of nitrogens with one attached hydrogen (secondary N) is 2. The van der Waals surface area contributed by atoms with E-state index in [1.165, 1.54) is 23.3 Å². The summed E-state index contributed by atoms with van der Waals surface area (Å²) in [7, 11) is 3.43. The highest BCUT2D eigenvalue weighted by Crippen LogP contribution is 2.40. The van der Waals surface area contributed by atoms with E-state index in [0.29, 0.717) is 31.1 Å². The van der Waals surface area contributed by atoms with Gasteiger partial charge >= 0.3 is 5.97 Å². The number of amides is 3. The van der Waals surface area contributed by atoms with Gasteiger partial charge in [-0.05, 0) is 91.6 Å². The Bertz CT molecular complexity index is 2500. The third-order valence-electron chi connectivity index (χ3n) is 12.0. The van der Waals surface area contributed by atoms with Crippen LogP contribution in [0, 0.1) is 12.3 Å². The predicted octanol–water partition coefficient (Wildman–Crippen LogP) is 6.45. The number of rotatable bonds is 19. The van der Waals surface area contributed by atoms with Gasteiger partial charge in [-0.2, -0.15) is 0 Å². The van der Waals surface area contributed by atoms with E-state index in [4.69, 9.17) is 14.2 Å². The molecule has 1 saturated carbocycles. The van der Waals surface area contributed by atoms with Crippen LogP contribution in [0.5, 0.6) is 11.5 Å². The highest BCUT2D eigenvalue weighted by atomic mass is 32.1. The number of ether oxygens (including phenoxy) is 3. The Morgan fingerprint density at radius 2 is 1.80 bits per heavy atom. The molecular formula is C49H59FN6O8S. The Morgan fingerprint density at radius 3 is 2.49 bits per heavy atom. The van der Waals surface area contributed by atoms with Crippen LogP contribution in [0.1, 0.15) is 73.6 Å². The zero-order valence-corrected chi connectivity index (χ0v) is 38.7. The Balaban J connectivity index is 0.916. The Kier molecular flexibility index (Phi) is 14.6. The second kappa shape index (κ2) is 20.1. The Labute approximate surface area is 383 Å². The lowest BCUT2D eigenvalue weighted by Crippen LogP contribution is -2.59. The number of aryl methyl sites for hydroxylation is 1. The molecule has 1 saturated heterocycles. The van der Waals surface area contributed by atoms with Gasteiger partial charge in [0, 0.05) is 49.9 Å². The minimum atomic E-state index is -1.97. The number of esters is 1. The number of likely N-dealkylation sites (tertiary alicyclic amines) is 1. The molecule has 1 aliphatic heterocycles. The lowest BCUT2D eigenvalue weighted by atomic mass is 9.85. The number of aromatic nitrogens is 2. The smallest absolute Gasteiger partial charge is 0.337 e. The number of aliphatic hydroxyl groups is 1. The molecule has 2 fully saturated rings. The van der Waals surface area contributed by atoms with E-state index in [2.05, 4.69) is 44.3 Å². The molecule has 65 heavy (non-hydrogen) atoms. The van der Waals surface area contributed by atoms with Crippen molar-refractivity contribution < 1.29 is 42.9 Å². The van der Waals surface area contributed by atoms with Crippen LogP contribution in [0.4, 0.5) is 4.39 Å². The van der Waals surface area contributed by atoms with Crippen molar-refractivity contribution in [2.75, 3.05) is 40.5 Å². The first kappa shape index (κ1) is 47.1. The van der Waals surface area contributed by atoms with Crippen LogP contribution in [-0.2, 0) is 38.8 Å². The fraction of sp³-hybridized carbons (Fsp3) is 0.449. The molecule has 0 radical (unpaired) electrons. The van der Waals surface area contributed by atoms with E-state index in [1.807, 2.05) is 61.7 Å². The summed E-state index contributed by atoms with van der Waals surface area (Å²) in [5.41, 5.74) is 4.22. The van der Waals surface area contributed by atoms with E-state index in [0.717, 1.165) is 63.4 Å². The molecule has 3 aromatic carbocycles. The average molecular weight is 911 g/mol. The topological polar surface area (TPSA) is 165 Å². The molecule has 3 amide bonds. The summed E-state index contributed by atoms with van der Waals surface area (Å²) in [5, 5.41) is 17.2. The molecule has 14 nitrogen and oxygen atoms in total. The summed E-state index contributed by atoms with van der Waals surface area (Å²) in [6.45, 7) is 10.3. The average Bonchev–Trinajstić information content (AvgIpc) is 3.54. The van der Waals surface area contributed by atoms with E-state index in [-0.39, 0.29) is 38.3 Å². The van der Waals surface area contributed by atoms with Crippen LogP contribution in [0.2, 0.25) is 0 Å². The number of halogens is 1. The fourth-order valence-electron chi connectivity index (χ4n) is 8.06. The lowest BCUT2D eigenvalue weighted by molar-refractivity contribution is -0.145. The van der Waals surface area contributed by atoms with E-state index in [9.17, 15) is 28.7 Å². The summed E-state index contributed by atoms with van der Waals surface area (Å²) in [6, 6.07) is 19.3. The van der Waals surface area contributed by atoms with Gasteiger partial charge in [0.1, 0.15) is 30.2 Å². The third kappa shape index (κ3) is 11.5. The standard InChI is InChI=1S/C49H59FN6O8S/c1-31-42(65-30-52-31)34-11-13-36(27-51-44(58)40-26-37(57)29-56(40)45(59)43(48(2,3)4)53-47(61)49(50)17-18-49)41(25-34)64-22-7-19-54(5)28-32-8-14-38(15-9-32)63-23-21-55-20-16-33-10-12-35(24-39(33)55)46(60)62-6/h8-16,20,24-25,30,37,40,43,57H,7,17-19,21-23,26-29H2,1-6H3,(H,51,58)(H,53,61)/t37-,40+,43-/m1/s1. The van der Waals surface area contributed by atoms with Crippen molar-refractivity contribution in [3.8, 4) is 21.9 Å². The van der Waals surface area contributed by atoms with Crippen molar-refractivity contribution in [2.24, 2.45) is 5.41 Å². The van der Waals surface area contributed by atoms with Crippen molar-refractivity contribution in [1.29, 1.82) is 0 Å². The van der Waals surface area contributed by atoms with Crippen LogP contribution in [0.25, 0.3) is 21.3 Å². The molecular weight excluding hydrogens is 852 g/mol. The molecule has 2 aliphatic rings. The van der Waals surface area contributed by atoms with Crippen LogP contribution in [0.15, 0.2) is 78.4 Å². The molecule has 16 heteroatoms. The number of hydrogen-bond donors (Lipinski definition) is 3. The number of β-amino-alcohol motifs (C(OH)–C–C–N with tert-alkyl or cyclic N) is 1. The van der Waals surface area contributed by atoms with Crippen LogP contribution >= 0.6 is 11.3 Å². The number of fused-ring (bicyclic) bond motifs is 1. The fourth-order valence-corrected chi connectivity index (χ4v) is 8.86. The lowest BCUT2D eigenvalue weighted by Gasteiger charge is -2.35. The second-order valence-corrected chi connectivity index (χ2v) is 19.0. The maximum absolute atomic E-state index is 14.6. The largest absolute Gasteiger partial charge is 0.493 e. The first-order valence-electron chi connectivity index (χ1n) is 22.0. The molecule has 346 valence electrons. The molecule has 3 N–H and O–H groups in total. The van der Waals surface area contributed by atoms with Gasteiger partial charge in [0.15, 0.2) is 5.67 Å². The van der Waals surface area contributed by atoms with Gasteiger partial charge in [0.25, 0.3) is 5.91 Å². The van der Waals surface area contributed by atoms with Crippen molar-refractivity contribution in [2.45, 2.75) is 96.9 Å². The number of aliphatic hydroxyl groups excluding tert-OH is 1. The van der Waals surface area contributed by atoms with Gasteiger partial charge in [-0.15, -0.1) is 11.3 Å². The summed E-state index contributed by atoms with van der Waals surface area (Å²) < 4.78 is 34.0. The predicted molar refractivity (Wildman–Crippen MR) is 246 cm³/mol. The molecule has 3 atom stereocenters. The number of benzene rings is 3. The zero-order chi connectivity index (χ0) is 46.5. The monoisotopic (exact) mass is 910 g/mol. The summed E-state index contributed by atoms with van der Waals surface area (Å²) >= 11 is 1.53. The van der Waals surface area contributed by atoms with E-state index >= 15 is 0 Å². The normalized spacial score (nSPS) is 17.2. The van der Waals surface area contributed by atoms with Crippen molar-refractivity contribution >= 4 is 45.9 Å². The number of alkyl halides is 1. The molecule has 3 heterocycles. The Hall–Kier alpha value is -5.84. The Morgan fingerprint density at radius 1 is 1.03 bits per heavy atom. The number of carbonyl (C=O) groups excluding carboxylic acids is 4. The van der Waals surface area contributed by atoms with E-state index in [1.54, 1.807) is 32.3 Å². The van der Waals surface area contributed by atoms with Crippen LogP contribution in [-0.4, -0.2) is 112 Å². The summed E-state index contributed by atoms with van der Waals surface area (Å²) in [6.07, 6.45) is 2.03. The molecule has 7 rings (SSSR count). The second-order valence-electron chi connectivity index (χ2n) is 18.1. The number of methoxy groups -OCH3 is 1. The van der Waals surface area contributed by atoms with Gasteiger partial charge in [0.2, 0.25) is 11.8 Å². The summed E-state index contributed by atoms with van der Waals surface area (Å²) in [4.78, 5) is 61.4. The van der Waals surface area contributed by atoms with Gasteiger partial charge < -0.3 is 44.3 Å². The minimum absolute atomic E-state index is 0.0307. The molecule has 5 aromatic rings.